The Kier molecular flexibility index (Phi) is 9.99. The minimum atomic E-state index is -0.838. The molecular weight excluding hydrogens is 606 g/mol. The molecule has 0 radical (unpaired) electrons. The first kappa shape index (κ1) is 32.3. The number of fused-ring (bicyclic) bond motifs is 4. The van der Waals surface area contributed by atoms with Gasteiger partial charge in [-0.05, 0) is 44.0 Å². The number of carbonyl (C=O) groups is 2. The summed E-state index contributed by atoms with van der Waals surface area (Å²) in [5.74, 6) is -0.0677. The van der Waals surface area contributed by atoms with Gasteiger partial charge in [-0.15, -0.1) is 0 Å². The molecule has 2 heterocycles. The van der Waals surface area contributed by atoms with Crippen LogP contribution in [0, 0.1) is 0 Å². The van der Waals surface area contributed by atoms with Gasteiger partial charge in [0.15, 0.2) is 0 Å². The molecule has 0 saturated carbocycles. The van der Waals surface area contributed by atoms with E-state index in [9.17, 15) is 9.59 Å². The van der Waals surface area contributed by atoms with Crippen LogP contribution >= 0.6 is 0 Å². The topological polar surface area (TPSA) is 115 Å². The van der Waals surface area contributed by atoms with Crippen molar-refractivity contribution in [2.75, 3.05) is 57.6 Å². The monoisotopic (exact) mass is 645 g/mol. The molecule has 0 atom stereocenters. The van der Waals surface area contributed by atoms with E-state index in [0.717, 1.165) is 55.0 Å². The van der Waals surface area contributed by atoms with Gasteiger partial charge in [0.05, 0.1) is 43.2 Å². The smallest absolute Gasteiger partial charge is 0.397 e. The molecule has 10 heteroatoms. The number of para-hydroxylation sites is 4. The lowest BCUT2D eigenvalue weighted by Gasteiger charge is -2.23. The third kappa shape index (κ3) is 6.60. The van der Waals surface area contributed by atoms with Crippen LogP contribution in [0.1, 0.15) is 19.8 Å². The van der Waals surface area contributed by atoms with E-state index in [2.05, 4.69) is 10.6 Å². The zero-order chi connectivity index (χ0) is 33.5. The van der Waals surface area contributed by atoms with Gasteiger partial charge >= 0.3 is 11.9 Å². The zero-order valence-corrected chi connectivity index (χ0v) is 27.4. The number of benzene rings is 4. The summed E-state index contributed by atoms with van der Waals surface area (Å²) in [6.07, 6.45) is 1.22. The Morgan fingerprint density at radius 3 is 1.56 bits per heavy atom. The maximum absolute atomic E-state index is 13.2. The molecule has 0 unspecified atom stereocenters. The molecular formula is C38H39N5O5. The van der Waals surface area contributed by atoms with Crippen molar-refractivity contribution in [2.45, 2.75) is 19.8 Å². The molecule has 6 rings (SSSR count). The highest BCUT2D eigenvalue weighted by Gasteiger charge is 2.23. The molecule has 1 amide bonds. The van der Waals surface area contributed by atoms with Crippen LogP contribution in [0.25, 0.3) is 43.6 Å². The van der Waals surface area contributed by atoms with Crippen LogP contribution in [-0.4, -0.2) is 73.7 Å². The number of pyridine rings is 2. The number of hydrogen-bond acceptors (Lipinski definition) is 9. The number of aromatic nitrogens is 2. The lowest BCUT2D eigenvalue weighted by molar-refractivity contribution is -0.159. The molecule has 246 valence electrons. The first-order valence-corrected chi connectivity index (χ1v) is 16.2. The van der Waals surface area contributed by atoms with Crippen molar-refractivity contribution < 1.29 is 23.8 Å². The largest absolute Gasteiger partial charge is 0.494 e. The molecule has 2 N–H and O–H groups in total. The van der Waals surface area contributed by atoms with Crippen LogP contribution < -0.4 is 20.1 Å². The zero-order valence-electron chi connectivity index (χ0n) is 27.4. The summed E-state index contributed by atoms with van der Waals surface area (Å²) in [5, 5.41) is 11.1. The Labute approximate surface area is 279 Å². The summed E-state index contributed by atoms with van der Waals surface area (Å²) in [7, 11) is 3.28. The van der Waals surface area contributed by atoms with Gasteiger partial charge in [-0.25, -0.2) is 14.8 Å². The third-order valence-electron chi connectivity index (χ3n) is 8.34. The van der Waals surface area contributed by atoms with Gasteiger partial charge in [-0.1, -0.05) is 60.7 Å². The molecule has 10 nitrogen and oxygen atoms in total. The van der Waals surface area contributed by atoms with Gasteiger partial charge in [-0.2, -0.15) is 0 Å². The third-order valence-corrected chi connectivity index (χ3v) is 8.34. The minimum Gasteiger partial charge on any atom is -0.494 e. The molecule has 0 aliphatic rings. The Morgan fingerprint density at radius 1 is 0.646 bits per heavy atom. The second-order valence-electron chi connectivity index (χ2n) is 11.3. The standard InChI is InChI=1S/C38H39N5O5/c1-4-48-38(45)37(44)43(23-11-21-39-33-25-13-5-7-17-29(25)41-35-27(33)15-9-19-31(35)46-2)24-12-22-40-34-26-14-6-8-18-30(26)42-36-28(34)16-10-20-32(36)47-3/h5-10,13-20H,4,11-12,21-24H2,1-3H3,(H,39,41)(H,40,42). The average molecular weight is 646 g/mol. The number of nitrogens with zero attached hydrogens (tertiary/aromatic N) is 3. The van der Waals surface area contributed by atoms with Gasteiger partial charge in [0.1, 0.15) is 22.5 Å². The molecule has 0 aliphatic heterocycles. The van der Waals surface area contributed by atoms with Crippen LogP contribution in [0.5, 0.6) is 11.5 Å². The van der Waals surface area contributed by atoms with Crippen molar-refractivity contribution in [2.24, 2.45) is 0 Å². The van der Waals surface area contributed by atoms with E-state index in [1.807, 2.05) is 84.9 Å². The number of methoxy groups -OCH3 is 2. The first-order chi connectivity index (χ1) is 23.5. The number of amides is 1. The number of ether oxygens (including phenoxy) is 3. The van der Waals surface area contributed by atoms with Crippen molar-refractivity contribution in [1.29, 1.82) is 0 Å². The maximum atomic E-state index is 13.2. The predicted molar refractivity (Wildman–Crippen MR) is 191 cm³/mol. The summed E-state index contributed by atoms with van der Waals surface area (Å²) in [6.45, 7) is 3.74. The van der Waals surface area contributed by atoms with E-state index in [1.54, 1.807) is 26.0 Å². The fourth-order valence-electron chi connectivity index (χ4n) is 6.09. The van der Waals surface area contributed by atoms with E-state index in [1.165, 1.54) is 0 Å². The minimum absolute atomic E-state index is 0.138. The van der Waals surface area contributed by atoms with E-state index >= 15 is 0 Å². The van der Waals surface area contributed by atoms with E-state index in [4.69, 9.17) is 24.2 Å². The van der Waals surface area contributed by atoms with Crippen LogP contribution in [0.15, 0.2) is 84.9 Å². The van der Waals surface area contributed by atoms with Crippen molar-refractivity contribution in [3.05, 3.63) is 84.9 Å². The second kappa shape index (κ2) is 14.8. The maximum Gasteiger partial charge on any atom is 0.397 e. The fourth-order valence-corrected chi connectivity index (χ4v) is 6.09. The van der Waals surface area contributed by atoms with Gasteiger partial charge in [0.2, 0.25) is 0 Å². The number of rotatable bonds is 13. The lowest BCUT2D eigenvalue weighted by atomic mass is 10.1. The molecule has 0 bridgehead atoms. The summed E-state index contributed by atoms with van der Waals surface area (Å²) in [5.41, 5.74) is 5.18. The lowest BCUT2D eigenvalue weighted by Crippen LogP contribution is -2.40. The highest BCUT2D eigenvalue weighted by Crippen LogP contribution is 2.36. The number of carbonyl (C=O) groups excluding carboxylic acids is 2. The summed E-state index contributed by atoms with van der Waals surface area (Å²) >= 11 is 0. The van der Waals surface area contributed by atoms with Crippen LogP contribution in [-0.2, 0) is 14.3 Å². The molecule has 0 aliphatic carbocycles. The number of anilines is 2. The van der Waals surface area contributed by atoms with E-state index in [-0.39, 0.29) is 6.61 Å². The fraction of sp³-hybridized carbons (Fsp3) is 0.263. The number of nitrogens with one attached hydrogen (secondary N) is 2. The van der Waals surface area contributed by atoms with Crippen LogP contribution in [0.3, 0.4) is 0 Å². The highest BCUT2D eigenvalue weighted by molar-refractivity contribution is 6.32. The summed E-state index contributed by atoms with van der Waals surface area (Å²) < 4.78 is 16.3. The normalized spacial score (nSPS) is 11.1. The molecule has 0 spiro atoms. The number of esters is 1. The van der Waals surface area contributed by atoms with Crippen molar-refractivity contribution >= 4 is 66.9 Å². The van der Waals surface area contributed by atoms with E-state index in [0.29, 0.717) is 50.5 Å². The average Bonchev–Trinajstić information content (AvgIpc) is 3.12. The molecule has 2 aromatic heterocycles. The van der Waals surface area contributed by atoms with Crippen LogP contribution in [0.4, 0.5) is 11.4 Å². The summed E-state index contributed by atoms with van der Waals surface area (Å²) in [4.78, 5) is 37.0. The second-order valence-corrected chi connectivity index (χ2v) is 11.3. The van der Waals surface area contributed by atoms with Gasteiger partial charge in [0.25, 0.3) is 0 Å². The Balaban J connectivity index is 1.16. The SMILES string of the molecule is CCOC(=O)C(=O)N(CCCNc1c2ccccc2nc2c(OC)cccc12)CCCNc1c2ccccc2nc2c(OC)cccc12. The Bertz CT molecular complexity index is 1970. The first-order valence-electron chi connectivity index (χ1n) is 16.2. The van der Waals surface area contributed by atoms with Gasteiger partial charge in [0, 0.05) is 47.7 Å². The molecule has 48 heavy (non-hydrogen) atoms. The van der Waals surface area contributed by atoms with Gasteiger partial charge in [-0.3, -0.25) is 4.79 Å². The number of hydrogen-bond donors (Lipinski definition) is 2. The predicted octanol–water partition coefficient (Wildman–Crippen LogP) is 6.80. The Hall–Kier alpha value is -5.64. The molecule has 6 aromatic rings. The summed E-state index contributed by atoms with van der Waals surface area (Å²) in [6, 6.07) is 27.7. The van der Waals surface area contributed by atoms with Gasteiger partial charge < -0.3 is 29.7 Å². The van der Waals surface area contributed by atoms with Crippen LogP contribution in [0.2, 0.25) is 0 Å². The molecule has 0 fully saturated rings. The Morgan fingerprint density at radius 2 is 1.10 bits per heavy atom. The highest BCUT2D eigenvalue weighted by atomic mass is 16.5. The quantitative estimate of drug-likeness (QED) is 0.0606. The van der Waals surface area contributed by atoms with E-state index < -0.39 is 11.9 Å². The van der Waals surface area contributed by atoms with Crippen molar-refractivity contribution in [3.8, 4) is 11.5 Å². The molecule has 0 saturated heterocycles. The van der Waals surface area contributed by atoms with Crippen molar-refractivity contribution in [1.82, 2.24) is 14.9 Å². The molecule has 4 aromatic carbocycles. The van der Waals surface area contributed by atoms with Crippen molar-refractivity contribution in [3.63, 3.8) is 0 Å².